The number of fused-ring (bicyclic) bond motifs is 1. The zero-order chi connectivity index (χ0) is 30.3. The maximum Gasteiger partial charge on any atom is 0.452 e. The lowest BCUT2D eigenvalue weighted by Gasteiger charge is -2.21. The van der Waals surface area contributed by atoms with Gasteiger partial charge in [-0.05, 0) is 17.2 Å². The van der Waals surface area contributed by atoms with E-state index in [4.69, 9.17) is 0 Å². The predicted octanol–water partition coefficient (Wildman–Crippen LogP) is 3.70. The second-order valence-electron chi connectivity index (χ2n) is 9.44. The lowest BCUT2D eigenvalue weighted by molar-refractivity contribution is -0.173. The van der Waals surface area contributed by atoms with Gasteiger partial charge in [0.1, 0.15) is 17.1 Å². The summed E-state index contributed by atoms with van der Waals surface area (Å²) in [7, 11) is 0. The number of H-pyrrole nitrogens is 1. The summed E-state index contributed by atoms with van der Waals surface area (Å²) in [6.45, 7) is 0.910. The summed E-state index contributed by atoms with van der Waals surface area (Å²) in [5.74, 6) is -4.22. The number of hydrogen-bond acceptors (Lipinski definition) is 6. The Bertz CT molecular complexity index is 1570. The molecule has 0 aliphatic carbocycles. The van der Waals surface area contributed by atoms with E-state index < -0.39 is 54.7 Å². The molecule has 9 nitrogen and oxygen atoms in total. The Kier molecular flexibility index (Phi) is 9.73. The Labute approximate surface area is 242 Å². The van der Waals surface area contributed by atoms with Crippen molar-refractivity contribution in [2.45, 2.75) is 44.4 Å². The third kappa shape index (κ3) is 7.60. The lowest BCUT2D eigenvalue weighted by Crippen LogP contribution is -2.53. The number of Topliss-reactive ketones (excluding diaryl/α,β-unsaturated/α-hetero) is 1. The summed E-state index contributed by atoms with van der Waals surface area (Å²) in [4.78, 5) is 57.5. The van der Waals surface area contributed by atoms with Crippen molar-refractivity contribution in [3.8, 4) is 10.6 Å². The minimum atomic E-state index is -5.19. The third-order valence-corrected chi connectivity index (χ3v) is 7.34. The fourth-order valence-electron chi connectivity index (χ4n) is 4.45. The molecule has 0 saturated carbocycles. The van der Waals surface area contributed by atoms with Gasteiger partial charge in [-0.1, -0.05) is 49.4 Å². The fraction of sp³-hybridized carbons (Fsp3) is 0.276. The Balaban J connectivity index is 1.46. The van der Waals surface area contributed by atoms with Gasteiger partial charge in [-0.2, -0.15) is 13.2 Å². The molecule has 42 heavy (non-hydrogen) atoms. The maximum absolute atomic E-state index is 13.4. The molecule has 0 bridgehead atoms. The minimum Gasteiger partial charge on any atom is -0.361 e. The van der Waals surface area contributed by atoms with Gasteiger partial charge in [0.15, 0.2) is 0 Å². The molecule has 2 unspecified atom stereocenters. The average molecular weight is 600 g/mol. The van der Waals surface area contributed by atoms with Crippen molar-refractivity contribution in [3.63, 3.8) is 0 Å². The number of carbonyl (C=O) groups excluding carboxylic acids is 4. The number of ketones is 1. The minimum absolute atomic E-state index is 0.0741. The number of para-hydroxylation sites is 1. The molecule has 220 valence electrons. The monoisotopic (exact) mass is 599 g/mol. The highest BCUT2D eigenvalue weighted by Crippen LogP contribution is 2.27. The largest absolute Gasteiger partial charge is 0.452 e. The summed E-state index contributed by atoms with van der Waals surface area (Å²) in [5.41, 5.74) is 2.59. The van der Waals surface area contributed by atoms with E-state index in [-0.39, 0.29) is 12.8 Å². The molecule has 4 N–H and O–H groups in total. The smallest absolute Gasteiger partial charge is 0.361 e. The van der Waals surface area contributed by atoms with Crippen molar-refractivity contribution < 1.29 is 32.3 Å². The first kappa shape index (κ1) is 30.4. The van der Waals surface area contributed by atoms with Crippen molar-refractivity contribution in [2.24, 2.45) is 0 Å². The summed E-state index contributed by atoms with van der Waals surface area (Å²) in [6.07, 6.45) is -2.29. The number of rotatable bonds is 12. The Morgan fingerprint density at radius 1 is 0.929 bits per heavy atom. The molecule has 4 aromatic rings. The molecular formula is C29H28F3N5O4S. The van der Waals surface area contributed by atoms with Crippen LogP contribution in [0, 0.1) is 0 Å². The topological polar surface area (TPSA) is 133 Å². The van der Waals surface area contributed by atoms with Crippen LogP contribution in [0.25, 0.3) is 21.5 Å². The molecule has 0 saturated heterocycles. The number of hydrogen-bond donors (Lipinski definition) is 4. The van der Waals surface area contributed by atoms with E-state index in [1.807, 2.05) is 17.5 Å². The van der Waals surface area contributed by atoms with Gasteiger partial charge >= 0.3 is 6.18 Å². The quantitative estimate of drug-likeness (QED) is 0.197. The first-order valence-electron chi connectivity index (χ1n) is 13.1. The third-order valence-electron chi connectivity index (χ3n) is 6.53. The van der Waals surface area contributed by atoms with Crippen molar-refractivity contribution in [1.82, 2.24) is 25.9 Å². The molecule has 3 amide bonds. The summed E-state index contributed by atoms with van der Waals surface area (Å²) in [5, 5.41) is 10.3. The standard InChI is InChI=1S/C29H28F3N5O4S/c1-2-24(38)37-23(13-17-7-3-4-9-20(17)28-33-11-12-42-28)27(41)35-16-25(39)36-22(26(40)29(30,31)32)14-18-15-34-21-10-6-5-8-19(18)21/h3-12,15,22-23,34H,2,13-14,16H2,1H3,(H,35,41)(H,36,39)(H,37,38). The van der Waals surface area contributed by atoms with Gasteiger partial charge in [0.05, 0.1) is 6.54 Å². The average Bonchev–Trinajstić information content (AvgIpc) is 3.65. The van der Waals surface area contributed by atoms with E-state index in [2.05, 4.69) is 25.9 Å². The van der Waals surface area contributed by atoms with E-state index in [1.54, 1.807) is 49.5 Å². The van der Waals surface area contributed by atoms with Crippen LogP contribution in [0.3, 0.4) is 0 Å². The highest BCUT2D eigenvalue weighted by Gasteiger charge is 2.44. The van der Waals surface area contributed by atoms with E-state index in [1.165, 1.54) is 17.5 Å². The number of alkyl halides is 3. The van der Waals surface area contributed by atoms with Crippen LogP contribution in [0.1, 0.15) is 24.5 Å². The van der Waals surface area contributed by atoms with Crippen LogP contribution in [0.5, 0.6) is 0 Å². The fourth-order valence-corrected chi connectivity index (χ4v) is 5.15. The lowest BCUT2D eigenvalue weighted by atomic mass is 9.99. The highest BCUT2D eigenvalue weighted by molar-refractivity contribution is 7.13. The number of halogens is 3. The summed E-state index contributed by atoms with van der Waals surface area (Å²) < 4.78 is 40.2. The van der Waals surface area contributed by atoms with E-state index in [0.717, 1.165) is 16.1 Å². The number of thiazole rings is 1. The highest BCUT2D eigenvalue weighted by atomic mass is 32.1. The van der Waals surface area contributed by atoms with E-state index in [9.17, 15) is 32.3 Å². The van der Waals surface area contributed by atoms with E-state index >= 15 is 0 Å². The molecule has 2 aromatic heterocycles. The zero-order valence-corrected chi connectivity index (χ0v) is 23.3. The van der Waals surface area contributed by atoms with Crippen molar-refractivity contribution in [2.75, 3.05) is 6.54 Å². The van der Waals surface area contributed by atoms with Crippen molar-refractivity contribution in [3.05, 3.63) is 77.4 Å². The first-order chi connectivity index (χ1) is 20.1. The Morgan fingerprint density at radius 2 is 1.62 bits per heavy atom. The van der Waals surface area contributed by atoms with Gasteiger partial charge in [-0.15, -0.1) is 11.3 Å². The Hall–Kier alpha value is -4.52. The number of benzene rings is 2. The Morgan fingerprint density at radius 3 is 2.33 bits per heavy atom. The van der Waals surface area contributed by atoms with Gasteiger partial charge in [-0.3, -0.25) is 19.2 Å². The molecule has 2 aromatic carbocycles. The molecular weight excluding hydrogens is 571 g/mol. The molecule has 4 rings (SSSR count). The second kappa shape index (κ2) is 13.4. The van der Waals surface area contributed by atoms with Crippen LogP contribution in [0.4, 0.5) is 13.2 Å². The van der Waals surface area contributed by atoms with Gasteiger partial charge in [0.2, 0.25) is 17.7 Å². The van der Waals surface area contributed by atoms with Gasteiger partial charge in [0.25, 0.3) is 5.78 Å². The normalized spacial score (nSPS) is 12.9. The number of aromatic amines is 1. The number of amides is 3. The summed E-state index contributed by atoms with van der Waals surface area (Å²) in [6, 6.07) is 11.1. The van der Waals surface area contributed by atoms with Gasteiger partial charge in [0, 0.05) is 53.5 Å². The molecule has 0 fully saturated rings. The second-order valence-corrected chi connectivity index (χ2v) is 10.3. The SMILES string of the molecule is CCC(=O)NC(Cc1ccccc1-c1nccs1)C(=O)NCC(=O)NC(Cc1c[nH]c2ccccc12)C(=O)C(F)(F)F. The van der Waals surface area contributed by atoms with Gasteiger partial charge in [-0.25, -0.2) is 4.98 Å². The van der Waals surface area contributed by atoms with Crippen molar-refractivity contribution >= 4 is 45.7 Å². The molecule has 2 heterocycles. The molecule has 2 atom stereocenters. The van der Waals surface area contributed by atoms with Crippen LogP contribution in [0.15, 0.2) is 66.3 Å². The molecule has 13 heteroatoms. The van der Waals surface area contributed by atoms with Crippen molar-refractivity contribution in [1.29, 1.82) is 0 Å². The molecule has 0 aliphatic rings. The molecule has 0 radical (unpaired) electrons. The zero-order valence-electron chi connectivity index (χ0n) is 22.5. The number of nitrogens with zero attached hydrogens (tertiary/aromatic N) is 1. The molecule has 0 spiro atoms. The number of aromatic nitrogens is 2. The van der Waals surface area contributed by atoms with E-state index in [0.29, 0.717) is 16.5 Å². The summed E-state index contributed by atoms with van der Waals surface area (Å²) >= 11 is 1.41. The van der Waals surface area contributed by atoms with Gasteiger partial charge < -0.3 is 20.9 Å². The van der Waals surface area contributed by atoms with Crippen LogP contribution in [0.2, 0.25) is 0 Å². The number of carbonyl (C=O) groups is 4. The first-order valence-corrected chi connectivity index (χ1v) is 13.9. The maximum atomic E-state index is 13.4. The van der Waals surface area contributed by atoms with Crippen LogP contribution in [-0.4, -0.2) is 58.3 Å². The molecule has 0 aliphatic heterocycles. The number of nitrogens with one attached hydrogen (secondary N) is 4. The van der Waals surface area contributed by atoms with Crippen LogP contribution in [-0.2, 0) is 32.0 Å². The van der Waals surface area contributed by atoms with Crippen LogP contribution < -0.4 is 16.0 Å². The van der Waals surface area contributed by atoms with Crippen LogP contribution >= 0.6 is 11.3 Å². The predicted molar refractivity (Wildman–Crippen MR) is 151 cm³/mol.